The van der Waals surface area contributed by atoms with Crippen molar-refractivity contribution in [1.82, 2.24) is 5.32 Å². The third-order valence-electron chi connectivity index (χ3n) is 1.72. The number of nitroso groups, excluding NO2 is 1. The van der Waals surface area contributed by atoms with Crippen molar-refractivity contribution in [2.75, 3.05) is 0 Å². The standard InChI is InChI=1S/C8H14N2O3S/c1-5(11)7(9-6(2)12)8(3,4)14-10-13/h7H,1-4H3,(H,9,12). The van der Waals surface area contributed by atoms with Crippen molar-refractivity contribution in [3.05, 3.63) is 4.91 Å². The SMILES string of the molecule is CC(=O)NC(C(C)=O)C(C)(C)SN=O. The molecule has 0 aromatic rings. The normalized spacial score (nSPS) is 13.1. The molecule has 80 valence electrons. The molecule has 0 bridgehead atoms. The van der Waals surface area contributed by atoms with Crippen LogP contribution in [0.5, 0.6) is 0 Å². The van der Waals surface area contributed by atoms with Crippen molar-refractivity contribution in [2.45, 2.75) is 38.5 Å². The van der Waals surface area contributed by atoms with Gasteiger partial charge in [0.1, 0.15) is 6.04 Å². The molecule has 1 N–H and O–H groups in total. The predicted octanol–water partition coefficient (Wildman–Crippen LogP) is 1.27. The maximum atomic E-state index is 11.2. The number of carbonyl (C=O) groups excluding carboxylic acids is 2. The van der Waals surface area contributed by atoms with Crippen LogP contribution in [0.4, 0.5) is 0 Å². The summed E-state index contributed by atoms with van der Waals surface area (Å²) in [4.78, 5) is 32.2. The Labute approximate surface area is 87.1 Å². The highest BCUT2D eigenvalue weighted by Crippen LogP contribution is 2.29. The number of hydrogen-bond donors (Lipinski definition) is 1. The number of nitrogens with one attached hydrogen (secondary N) is 1. The quantitative estimate of drug-likeness (QED) is 0.557. The first kappa shape index (κ1) is 13.1. The molecule has 0 radical (unpaired) electrons. The zero-order valence-electron chi connectivity index (χ0n) is 8.66. The molecule has 1 unspecified atom stereocenters. The lowest BCUT2D eigenvalue weighted by Crippen LogP contribution is -2.50. The fourth-order valence-corrected chi connectivity index (χ4v) is 1.64. The molecule has 0 rings (SSSR count). The Balaban J connectivity index is 4.71. The van der Waals surface area contributed by atoms with Gasteiger partial charge < -0.3 is 5.32 Å². The summed E-state index contributed by atoms with van der Waals surface area (Å²) in [7, 11) is 0. The van der Waals surface area contributed by atoms with Crippen LogP contribution < -0.4 is 5.32 Å². The topological polar surface area (TPSA) is 75.6 Å². The Morgan fingerprint density at radius 2 is 1.86 bits per heavy atom. The second-order valence-electron chi connectivity index (χ2n) is 3.51. The van der Waals surface area contributed by atoms with E-state index in [1.165, 1.54) is 13.8 Å². The van der Waals surface area contributed by atoms with Gasteiger partial charge in [-0.1, -0.05) is 0 Å². The van der Waals surface area contributed by atoms with Gasteiger partial charge in [0.2, 0.25) is 5.91 Å². The Kier molecular flexibility index (Phi) is 4.76. The summed E-state index contributed by atoms with van der Waals surface area (Å²) in [5.74, 6) is -0.494. The van der Waals surface area contributed by atoms with Gasteiger partial charge in [-0.25, -0.2) is 0 Å². The van der Waals surface area contributed by atoms with Gasteiger partial charge >= 0.3 is 0 Å². The molecule has 0 aliphatic carbocycles. The van der Waals surface area contributed by atoms with Gasteiger partial charge in [0.05, 0.1) is 4.75 Å². The number of rotatable bonds is 5. The van der Waals surface area contributed by atoms with E-state index in [2.05, 4.69) is 9.90 Å². The maximum Gasteiger partial charge on any atom is 0.217 e. The van der Waals surface area contributed by atoms with Crippen LogP contribution in [0.2, 0.25) is 0 Å². The van der Waals surface area contributed by atoms with Crippen LogP contribution in [0.1, 0.15) is 27.7 Å². The molecule has 1 amide bonds. The smallest absolute Gasteiger partial charge is 0.217 e. The molecular weight excluding hydrogens is 204 g/mol. The lowest BCUT2D eigenvalue weighted by atomic mass is 9.99. The van der Waals surface area contributed by atoms with Crippen LogP contribution in [0, 0.1) is 4.91 Å². The molecule has 1 atom stereocenters. The molecular formula is C8H14N2O3S. The number of amides is 1. The minimum absolute atomic E-state index is 0.193. The first-order valence-corrected chi connectivity index (χ1v) is 4.87. The highest BCUT2D eigenvalue weighted by atomic mass is 32.2. The van der Waals surface area contributed by atoms with Gasteiger partial charge in [-0.3, -0.25) is 9.59 Å². The molecule has 5 nitrogen and oxygen atoms in total. The van der Waals surface area contributed by atoms with Gasteiger partial charge in [0.25, 0.3) is 0 Å². The second kappa shape index (κ2) is 5.09. The molecule has 0 aliphatic rings. The Morgan fingerprint density at radius 3 is 2.14 bits per heavy atom. The zero-order valence-corrected chi connectivity index (χ0v) is 9.47. The third kappa shape index (κ3) is 3.87. The van der Waals surface area contributed by atoms with Crippen molar-refractivity contribution in [3.63, 3.8) is 0 Å². The van der Waals surface area contributed by atoms with Crippen LogP contribution in [-0.2, 0) is 9.59 Å². The number of Topliss-reactive ketones (excluding diaryl/α,β-unsaturated/α-hetero) is 1. The van der Waals surface area contributed by atoms with E-state index >= 15 is 0 Å². The maximum absolute atomic E-state index is 11.2. The van der Waals surface area contributed by atoms with E-state index in [-0.39, 0.29) is 11.7 Å². The van der Waals surface area contributed by atoms with Crippen molar-refractivity contribution in [2.24, 2.45) is 4.58 Å². The van der Waals surface area contributed by atoms with Crippen molar-refractivity contribution in [1.29, 1.82) is 0 Å². The molecule has 0 aliphatic heterocycles. The molecule has 0 saturated carbocycles. The Morgan fingerprint density at radius 1 is 1.36 bits per heavy atom. The highest BCUT2D eigenvalue weighted by molar-refractivity contribution is 7.99. The van der Waals surface area contributed by atoms with E-state index < -0.39 is 10.8 Å². The summed E-state index contributed by atoms with van der Waals surface area (Å²) in [6.07, 6.45) is 0. The predicted molar refractivity (Wildman–Crippen MR) is 55.8 cm³/mol. The Hall–Kier alpha value is -0.910. The summed E-state index contributed by atoms with van der Waals surface area (Å²) in [6, 6.07) is -0.692. The average Bonchev–Trinajstić information content (AvgIpc) is 1.99. The highest BCUT2D eigenvalue weighted by Gasteiger charge is 2.35. The van der Waals surface area contributed by atoms with Gasteiger partial charge in [-0.05, 0) is 20.8 Å². The molecule has 0 saturated heterocycles. The molecule has 0 fully saturated rings. The van der Waals surface area contributed by atoms with E-state index in [9.17, 15) is 14.5 Å². The average molecular weight is 218 g/mol. The zero-order chi connectivity index (χ0) is 11.4. The minimum Gasteiger partial charge on any atom is -0.345 e. The van der Waals surface area contributed by atoms with Gasteiger partial charge in [0.15, 0.2) is 5.78 Å². The van der Waals surface area contributed by atoms with Crippen LogP contribution in [0.25, 0.3) is 0 Å². The number of ketones is 1. The summed E-state index contributed by atoms with van der Waals surface area (Å²) in [5.41, 5.74) is 0. The van der Waals surface area contributed by atoms with Crippen LogP contribution >= 0.6 is 11.9 Å². The largest absolute Gasteiger partial charge is 0.345 e. The van der Waals surface area contributed by atoms with Gasteiger partial charge in [-0.2, -0.15) is 0 Å². The summed E-state index contributed by atoms with van der Waals surface area (Å²) in [5, 5.41) is 2.50. The van der Waals surface area contributed by atoms with Crippen LogP contribution in [0.3, 0.4) is 0 Å². The number of hydrogen-bond acceptors (Lipinski definition) is 5. The molecule has 0 aromatic heterocycles. The number of nitrogens with zero attached hydrogens (tertiary/aromatic N) is 1. The fourth-order valence-electron chi connectivity index (χ4n) is 1.12. The monoisotopic (exact) mass is 218 g/mol. The van der Waals surface area contributed by atoms with Gasteiger partial charge in [0, 0.05) is 23.5 Å². The Bertz CT molecular complexity index is 253. The fraction of sp³-hybridized carbons (Fsp3) is 0.750. The van der Waals surface area contributed by atoms with Crippen molar-refractivity contribution in [3.8, 4) is 0 Å². The molecule has 0 heterocycles. The first-order chi connectivity index (χ1) is 6.31. The van der Waals surface area contributed by atoms with Crippen molar-refractivity contribution < 1.29 is 9.59 Å². The lowest BCUT2D eigenvalue weighted by molar-refractivity contribution is -0.126. The van der Waals surface area contributed by atoms with Crippen molar-refractivity contribution >= 4 is 23.6 Å². The third-order valence-corrected chi connectivity index (χ3v) is 2.50. The second-order valence-corrected chi connectivity index (χ2v) is 4.90. The summed E-state index contributed by atoms with van der Waals surface area (Å²) in [6.45, 7) is 6.06. The molecule has 6 heteroatoms. The molecule has 14 heavy (non-hydrogen) atoms. The summed E-state index contributed by atoms with van der Waals surface area (Å²) >= 11 is 0.746. The van der Waals surface area contributed by atoms with E-state index in [1.54, 1.807) is 13.8 Å². The van der Waals surface area contributed by atoms with Crippen LogP contribution in [-0.4, -0.2) is 22.5 Å². The van der Waals surface area contributed by atoms with E-state index in [0.717, 1.165) is 11.9 Å². The summed E-state index contributed by atoms with van der Waals surface area (Å²) < 4.78 is 1.96. The van der Waals surface area contributed by atoms with E-state index in [0.29, 0.717) is 0 Å². The van der Waals surface area contributed by atoms with E-state index in [4.69, 9.17) is 0 Å². The van der Waals surface area contributed by atoms with E-state index in [1.807, 2.05) is 0 Å². The number of carbonyl (C=O) groups is 2. The molecule has 0 spiro atoms. The lowest BCUT2D eigenvalue weighted by Gasteiger charge is -2.28. The van der Waals surface area contributed by atoms with Crippen LogP contribution in [0.15, 0.2) is 4.58 Å². The first-order valence-electron chi connectivity index (χ1n) is 4.09. The minimum atomic E-state index is -0.723. The molecule has 0 aromatic carbocycles. The van der Waals surface area contributed by atoms with Gasteiger partial charge in [-0.15, -0.1) is 4.91 Å².